The van der Waals surface area contributed by atoms with E-state index in [4.69, 9.17) is 4.74 Å². The molecule has 3 aromatic carbocycles. The van der Waals surface area contributed by atoms with Crippen molar-refractivity contribution in [3.8, 4) is 0 Å². The Kier molecular flexibility index (Phi) is 7.09. The molecule has 8 nitrogen and oxygen atoms in total. The molecule has 3 aromatic rings. The minimum Gasteiger partial charge on any atom is -0.465 e. The van der Waals surface area contributed by atoms with Gasteiger partial charge in [-0.1, -0.05) is 36.4 Å². The Bertz CT molecular complexity index is 1420. The first-order valence-electron chi connectivity index (χ1n) is 12.6. The monoisotopic (exact) mass is 510 g/mol. The second kappa shape index (κ2) is 10.6. The van der Waals surface area contributed by atoms with E-state index in [9.17, 15) is 14.4 Å². The lowest BCUT2D eigenvalue weighted by molar-refractivity contribution is -0.110. The molecule has 0 aromatic heterocycles. The lowest BCUT2D eigenvalue weighted by Crippen LogP contribution is -2.58. The van der Waals surface area contributed by atoms with Gasteiger partial charge in [-0.2, -0.15) is 0 Å². The number of fused-ring (bicyclic) bond motifs is 1. The van der Waals surface area contributed by atoms with Crippen LogP contribution in [0.25, 0.3) is 11.3 Å². The number of hydrogen-bond acceptors (Lipinski definition) is 7. The zero-order chi connectivity index (χ0) is 26.8. The number of nitrogens with zero attached hydrogens (tertiary/aromatic N) is 1. The van der Waals surface area contributed by atoms with E-state index in [0.717, 1.165) is 24.3 Å². The van der Waals surface area contributed by atoms with E-state index in [0.29, 0.717) is 33.6 Å². The van der Waals surface area contributed by atoms with Crippen LogP contribution in [0.3, 0.4) is 0 Å². The van der Waals surface area contributed by atoms with Crippen LogP contribution < -0.4 is 16.0 Å². The summed E-state index contributed by atoms with van der Waals surface area (Å²) in [6.07, 6.45) is 0. The highest BCUT2D eigenvalue weighted by Crippen LogP contribution is 2.38. The van der Waals surface area contributed by atoms with Gasteiger partial charge in [0.15, 0.2) is 5.78 Å². The van der Waals surface area contributed by atoms with Gasteiger partial charge < -0.3 is 25.6 Å². The first-order chi connectivity index (χ1) is 18.4. The molecule has 1 amide bonds. The zero-order valence-electron chi connectivity index (χ0n) is 21.6. The van der Waals surface area contributed by atoms with Gasteiger partial charge in [0, 0.05) is 35.9 Å². The van der Waals surface area contributed by atoms with Crippen LogP contribution in [0.2, 0.25) is 0 Å². The number of hydrogen-bond donors (Lipinski definition) is 3. The molecule has 0 bridgehead atoms. The predicted octanol–water partition coefficient (Wildman–Crippen LogP) is 3.88. The Balaban J connectivity index is 1.48. The predicted molar refractivity (Wildman–Crippen MR) is 148 cm³/mol. The smallest absolute Gasteiger partial charge is 0.337 e. The number of methoxy groups -OCH3 is 1. The van der Waals surface area contributed by atoms with Gasteiger partial charge in [-0.05, 0) is 55.9 Å². The standard InChI is InChI=1S/C30H30N4O4/c1-18-26(31-15-16-34(18)2)28(35)20-9-12-22(13-10-20)32-27(19-7-5-4-6-8-19)25-23-14-11-21(30(37)38-3)17-24(23)33-29(25)36/h4-14,17-18,26,31-32H,15-16H2,1-3H3,(H,33,36)/t18?,26-/m0/s1. The maximum atomic E-state index is 13.2. The molecule has 0 saturated carbocycles. The molecule has 38 heavy (non-hydrogen) atoms. The Hall–Kier alpha value is -4.27. The Morgan fingerprint density at radius 1 is 0.974 bits per heavy atom. The Morgan fingerprint density at radius 2 is 1.68 bits per heavy atom. The van der Waals surface area contributed by atoms with Crippen molar-refractivity contribution in [3.05, 3.63) is 95.1 Å². The van der Waals surface area contributed by atoms with Crippen LogP contribution in [0.15, 0.2) is 72.8 Å². The number of piperazine rings is 1. The van der Waals surface area contributed by atoms with Crippen molar-refractivity contribution in [1.29, 1.82) is 0 Å². The molecule has 2 aliphatic rings. The molecule has 0 aliphatic carbocycles. The normalized spacial score (nSPS) is 20.3. The van der Waals surface area contributed by atoms with E-state index >= 15 is 0 Å². The van der Waals surface area contributed by atoms with Crippen LogP contribution >= 0.6 is 0 Å². The van der Waals surface area contributed by atoms with E-state index in [1.165, 1.54) is 7.11 Å². The summed E-state index contributed by atoms with van der Waals surface area (Å²) in [5, 5.41) is 9.63. The van der Waals surface area contributed by atoms with Crippen LogP contribution in [0.1, 0.15) is 38.8 Å². The quantitative estimate of drug-likeness (QED) is 0.263. The number of rotatable bonds is 6. The molecular weight excluding hydrogens is 480 g/mol. The van der Waals surface area contributed by atoms with Gasteiger partial charge in [0.2, 0.25) is 0 Å². The maximum Gasteiger partial charge on any atom is 0.337 e. The third kappa shape index (κ3) is 4.83. The molecule has 2 aliphatic heterocycles. The third-order valence-electron chi connectivity index (χ3n) is 7.23. The van der Waals surface area contributed by atoms with Gasteiger partial charge in [0.05, 0.1) is 35.7 Å². The number of likely N-dealkylation sites (N-methyl/N-ethyl adjacent to an activating group) is 1. The van der Waals surface area contributed by atoms with Gasteiger partial charge in [0.1, 0.15) is 0 Å². The number of anilines is 2. The van der Waals surface area contributed by atoms with Crippen molar-refractivity contribution < 1.29 is 19.1 Å². The van der Waals surface area contributed by atoms with Gasteiger partial charge in [0.25, 0.3) is 5.91 Å². The molecule has 194 valence electrons. The molecule has 2 atom stereocenters. The van der Waals surface area contributed by atoms with Crippen LogP contribution in [0, 0.1) is 0 Å². The summed E-state index contributed by atoms with van der Waals surface area (Å²) in [4.78, 5) is 40.6. The van der Waals surface area contributed by atoms with Crippen LogP contribution in [0.4, 0.5) is 11.4 Å². The first kappa shape index (κ1) is 25.4. The van der Waals surface area contributed by atoms with E-state index < -0.39 is 5.97 Å². The minimum absolute atomic E-state index is 0.0581. The molecular formula is C30H30N4O4. The van der Waals surface area contributed by atoms with Crippen LogP contribution in [-0.4, -0.2) is 61.9 Å². The number of amides is 1. The average molecular weight is 511 g/mol. The zero-order valence-corrected chi connectivity index (χ0v) is 21.6. The molecule has 8 heteroatoms. The lowest BCUT2D eigenvalue weighted by atomic mass is 9.96. The summed E-state index contributed by atoms with van der Waals surface area (Å²) in [7, 11) is 3.35. The van der Waals surface area contributed by atoms with Gasteiger partial charge in [-0.3, -0.25) is 9.59 Å². The maximum absolute atomic E-state index is 13.2. The Morgan fingerprint density at radius 3 is 2.39 bits per heavy atom. The fraction of sp³-hybridized carbons (Fsp3) is 0.233. The van der Waals surface area contributed by atoms with Crippen molar-refractivity contribution in [3.63, 3.8) is 0 Å². The average Bonchev–Trinajstić information content (AvgIpc) is 3.27. The number of ketones is 1. The van der Waals surface area contributed by atoms with Gasteiger partial charge >= 0.3 is 5.97 Å². The fourth-order valence-electron chi connectivity index (χ4n) is 4.93. The van der Waals surface area contributed by atoms with Crippen molar-refractivity contribution in [2.24, 2.45) is 0 Å². The summed E-state index contributed by atoms with van der Waals surface area (Å²) in [6.45, 7) is 3.74. The summed E-state index contributed by atoms with van der Waals surface area (Å²) < 4.78 is 4.82. The highest BCUT2D eigenvalue weighted by atomic mass is 16.5. The van der Waals surface area contributed by atoms with Crippen molar-refractivity contribution in [2.45, 2.75) is 19.0 Å². The molecule has 1 saturated heterocycles. The highest BCUT2D eigenvalue weighted by Gasteiger charge is 2.32. The molecule has 2 heterocycles. The molecule has 1 fully saturated rings. The van der Waals surface area contributed by atoms with Crippen molar-refractivity contribution in [2.75, 3.05) is 37.9 Å². The van der Waals surface area contributed by atoms with Crippen LogP contribution in [0.5, 0.6) is 0 Å². The number of nitrogens with one attached hydrogen (secondary N) is 3. The van der Waals surface area contributed by atoms with Crippen molar-refractivity contribution in [1.82, 2.24) is 10.2 Å². The molecule has 1 unspecified atom stereocenters. The third-order valence-corrected chi connectivity index (χ3v) is 7.23. The van der Waals surface area contributed by atoms with Crippen molar-refractivity contribution >= 4 is 40.3 Å². The number of benzene rings is 3. The van der Waals surface area contributed by atoms with E-state index in [1.807, 2.05) is 61.6 Å². The molecule has 3 N–H and O–H groups in total. The topological polar surface area (TPSA) is 99.8 Å². The Labute approximate surface area is 221 Å². The summed E-state index contributed by atoms with van der Waals surface area (Å²) in [5.41, 5.74) is 4.86. The number of esters is 1. The largest absolute Gasteiger partial charge is 0.465 e. The SMILES string of the molecule is COC(=O)c1ccc2c(c1)NC(=O)C2=C(Nc1ccc(C(=O)[C@H]2NCCN(C)C2C)cc1)c1ccccc1. The fourth-order valence-corrected chi connectivity index (χ4v) is 4.93. The van der Waals surface area contributed by atoms with E-state index in [1.54, 1.807) is 18.2 Å². The minimum atomic E-state index is -0.472. The summed E-state index contributed by atoms with van der Waals surface area (Å²) in [6, 6.07) is 21.7. The number of carbonyl (C=O) groups is 3. The molecule has 0 spiro atoms. The highest BCUT2D eigenvalue weighted by molar-refractivity contribution is 6.37. The molecule has 0 radical (unpaired) electrons. The van der Waals surface area contributed by atoms with Gasteiger partial charge in [-0.25, -0.2) is 4.79 Å². The first-order valence-corrected chi connectivity index (χ1v) is 12.6. The van der Waals surface area contributed by atoms with Gasteiger partial charge in [-0.15, -0.1) is 0 Å². The van der Waals surface area contributed by atoms with E-state index in [2.05, 4.69) is 27.8 Å². The summed E-state index contributed by atoms with van der Waals surface area (Å²) in [5.74, 6) is -0.690. The second-order valence-corrected chi connectivity index (χ2v) is 9.54. The molecule has 5 rings (SSSR count). The lowest BCUT2D eigenvalue weighted by Gasteiger charge is -2.36. The number of ether oxygens (including phenoxy) is 1. The number of carbonyl (C=O) groups excluding carboxylic acids is 3. The van der Waals surface area contributed by atoms with E-state index in [-0.39, 0.29) is 23.8 Å². The van der Waals surface area contributed by atoms with Crippen LogP contribution in [-0.2, 0) is 9.53 Å². The summed E-state index contributed by atoms with van der Waals surface area (Å²) >= 11 is 0. The number of Topliss-reactive ketones (excluding diaryl/α,β-unsaturated/α-hetero) is 1. The second-order valence-electron chi connectivity index (χ2n) is 9.54.